The Morgan fingerprint density at radius 3 is 2.44 bits per heavy atom. The van der Waals surface area contributed by atoms with Crippen LogP contribution in [0.3, 0.4) is 0 Å². The van der Waals surface area contributed by atoms with Crippen LogP contribution in [0.2, 0.25) is 0 Å². The fourth-order valence-electron chi connectivity index (χ4n) is 3.84. The zero-order chi connectivity index (χ0) is 23.3. The molecule has 1 N–H and O–H groups in total. The maximum absolute atomic E-state index is 13.0. The van der Waals surface area contributed by atoms with Gasteiger partial charge in [-0.15, -0.1) is 0 Å². The van der Waals surface area contributed by atoms with Gasteiger partial charge in [-0.1, -0.05) is 38.1 Å². The van der Waals surface area contributed by atoms with E-state index in [4.69, 9.17) is 9.47 Å². The van der Waals surface area contributed by atoms with Gasteiger partial charge >= 0.3 is 0 Å². The van der Waals surface area contributed by atoms with Crippen LogP contribution in [0.5, 0.6) is 11.5 Å². The minimum atomic E-state index is -0.689. The molecule has 1 amide bonds. The number of benzene rings is 2. The Morgan fingerprint density at radius 1 is 1.03 bits per heavy atom. The van der Waals surface area contributed by atoms with Gasteiger partial charge in [-0.25, -0.2) is 0 Å². The van der Waals surface area contributed by atoms with Crippen LogP contribution in [0.4, 0.5) is 0 Å². The van der Waals surface area contributed by atoms with Gasteiger partial charge in [-0.3, -0.25) is 9.59 Å². The van der Waals surface area contributed by atoms with Crippen molar-refractivity contribution < 1.29 is 24.2 Å². The van der Waals surface area contributed by atoms with Crippen molar-refractivity contribution in [2.45, 2.75) is 52.7 Å². The third kappa shape index (κ3) is 4.96. The van der Waals surface area contributed by atoms with Crippen molar-refractivity contribution in [3.8, 4) is 11.5 Å². The summed E-state index contributed by atoms with van der Waals surface area (Å²) in [7, 11) is 0. The molecule has 2 aromatic rings. The number of ketones is 1. The highest BCUT2D eigenvalue weighted by atomic mass is 16.5. The molecule has 1 unspecified atom stereocenters. The molecule has 32 heavy (non-hydrogen) atoms. The summed E-state index contributed by atoms with van der Waals surface area (Å²) in [6.07, 6.45) is 1.53. The van der Waals surface area contributed by atoms with Crippen LogP contribution in [0.25, 0.3) is 5.76 Å². The number of ether oxygens (including phenoxy) is 2. The van der Waals surface area contributed by atoms with Crippen molar-refractivity contribution in [3.63, 3.8) is 0 Å². The van der Waals surface area contributed by atoms with E-state index in [9.17, 15) is 14.7 Å². The lowest BCUT2D eigenvalue weighted by atomic mass is 9.95. The molecule has 1 atom stereocenters. The standard InChI is InChI=1S/C26H31NO5/c1-5-13-27-23(18-9-7-12-21(15-18)32-17(3)4)22(25(29)26(27)30)24(28)19-10-8-11-20(16-19)31-14-6-2/h7-12,15-17,23,28H,5-6,13-14H2,1-4H3/b24-22-. The van der Waals surface area contributed by atoms with Gasteiger partial charge in [0.05, 0.1) is 24.3 Å². The normalized spacial score (nSPS) is 17.8. The summed E-state index contributed by atoms with van der Waals surface area (Å²) in [6, 6.07) is 13.6. The molecule has 0 aromatic heterocycles. The van der Waals surface area contributed by atoms with Crippen molar-refractivity contribution in [1.82, 2.24) is 4.90 Å². The second kappa shape index (κ2) is 10.4. The van der Waals surface area contributed by atoms with Crippen LogP contribution < -0.4 is 9.47 Å². The molecule has 1 heterocycles. The second-order valence-electron chi connectivity index (χ2n) is 8.11. The number of aliphatic hydroxyl groups is 1. The van der Waals surface area contributed by atoms with Crippen LogP contribution in [0.15, 0.2) is 54.1 Å². The maximum atomic E-state index is 13.0. The van der Waals surface area contributed by atoms with E-state index in [-0.39, 0.29) is 17.4 Å². The molecule has 0 bridgehead atoms. The Balaban J connectivity index is 2.11. The predicted molar refractivity (Wildman–Crippen MR) is 124 cm³/mol. The molecule has 1 aliphatic heterocycles. The minimum Gasteiger partial charge on any atom is -0.507 e. The topological polar surface area (TPSA) is 76.1 Å². The molecule has 1 saturated heterocycles. The van der Waals surface area contributed by atoms with Crippen molar-refractivity contribution in [2.24, 2.45) is 0 Å². The number of carbonyl (C=O) groups excluding carboxylic acids is 2. The molecule has 1 aliphatic rings. The van der Waals surface area contributed by atoms with Gasteiger partial charge in [-0.05, 0) is 56.5 Å². The van der Waals surface area contributed by atoms with Gasteiger partial charge in [0.25, 0.3) is 11.7 Å². The maximum Gasteiger partial charge on any atom is 0.295 e. The van der Waals surface area contributed by atoms with Crippen LogP contribution in [0.1, 0.15) is 57.7 Å². The first-order valence-electron chi connectivity index (χ1n) is 11.2. The molecule has 2 aromatic carbocycles. The van der Waals surface area contributed by atoms with Crippen LogP contribution in [0, 0.1) is 0 Å². The minimum absolute atomic E-state index is 0.0156. The zero-order valence-corrected chi connectivity index (χ0v) is 19.1. The largest absolute Gasteiger partial charge is 0.507 e. The third-order valence-electron chi connectivity index (χ3n) is 5.13. The molecule has 3 rings (SSSR count). The summed E-state index contributed by atoms with van der Waals surface area (Å²) in [4.78, 5) is 27.4. The van der Waals surface area contributed by atoms with E-state index in [2.05, 4.69) is 0 Å². The highest BCUT2D eigenvalue weighted by Crippen LogP contribution is 2.40. The monoisotopic (exact) mass is 437 g/mol. The predicted octanol–water partition coefficient (Wildman–Crippen LogP) is 5.09. The van der Waals surface area contributed by atoms with E-state index in [1.807, 2.05) is 52.0 Å². The number of amides is 1. The lowest BCUT2D eigenvalue weighted by Crippen LogP contribution is -2.30. The van der Waals surface area contributed by atoms with Gasteiger partial charge in [0.2, 0.25) is 0 Å². The molecule has 0 spiro atoms. The van der Waals surface area contributed by atoms with E-state index < -0.39 is 17.7 Å². The van der Waals surface area contributed by atoms with Crippen molar-refractivity contribution in [1.29, 1.82) is 0 Å². The Kier molecular flexibility index (Phi) is 7.57. The zero-order valence-electron chi connectivity index (χ0n) is 19.1. The van der Waals surface area contributed by atoms with Crippen LogP contribution >= 0.6 is 0 Å². The first-order chi connectivity index (χ1) is 15.4. The van der Waals surface area contributed by atoms with Crippen molar-refractivity contribution in [3.05, 3.63) is 65.2 Å². The molecular weight excluding hydrogens is 406 g/mol. The first kappa shape index (κ1) is 23.4. The summed E-state index contributed by atoms with van der Waals surface area (Å²) >= 11 is 0. The number of likely N-dealkylation sites (tertiary alicyclic amines) is 1. The number of nitrogens with zero attached hydrogens (tertiary/aromatic N) is 1. The summed E-state index contributed by atoms with van der Waals surface area (Å²) in [5.41, 5.74) is 1.24. The quantitative estimate of drug-likeness (QED) is 0.336. The summed E-state index contributed by atoms with van der Waals surface area (Å²) in [5, 5.41) is 11.2. The molecule has 1 fully saturated rings. The molecule has 6 heteroatoms. The lowest BCUT2D eigenvalue weighted by molar-refractivity contribution is -0.139. The van der Waals surface area contributed by atoms with Gasteiger partial charge in [0, 0.05) is 12.1 Å². The molecule has 6 nitrogen and oxygen atoms in total. The Hall–Kier alpha value is -3.28. The average molecular weight is 438 g/mol. The van der Waals surface area contributed by atoms with Crippen molar-refractivity contribution in [2.75, 3.05) is 13.2 Å². The van der Waals surface area contributed by atoms with E-state index in [1.54, 1.807) is 24.3 Å². The molecular formula is C26H31NO5. The fourth-order valence-corrected chi connectivity index (χ4v) is 3.84. The highest BCUT2D eigenvalue weighted by Gasteiger charge is 2.45. The lowest BCUT2D eigenvalue weighted by Gasteiger charge is -2.25. The number of carbonyl (C=O) groups is 2. The van der Waals surface area contributed by atoms with Gasteiger partial charge in [0.1, 0.15) is 17.3 Å². The average Bonchev–Trinajstić information content (AvgIpc) is 3.02. The number of aliphatic hydroxyl groups excluding tert-OH is 1. The summed E-state index contributed by atoms with van der Waals surface area (Å²) < 4.78 is 11.5. The number of hydrogen-bond donors (Lipinski definition) is 1. The van der Waals surface area contributed by atoms with E-state index in [0.717, 1.165) is 12.0 Å². The van der Waals surface area contributed by atoms with Crippen LogP contribution in [-0.2, 0) is 9.59 Å². The molecule has 0 radical (unpaired) electrons. The van der Waals surface area contributed by atoms with Gasteiger partial charge in [0.15, 0.2) is 0 Å². The van der Waals surface area contributed by atoms with E-state index >= 15 is 0 Å². The molecule has 0 saturated carbocycles. The summed E-state index contributed by atoms with van der Waals surface area (Å²) in [6.45, 7) is 8.78. The number of rotatable bonds is 9. The van der Waals surface area contributed by atoms with Crippen molar-refractivity contribution >= 4 is 17.4 Å². The summed E-state index contributed by atoms with van der Waals surface area (Å²) in [5.74, 6) is -0.246. The number of Topliss-reactive ketones (excluding diaryl/α,β-unsaturated/α-hetero) is 1. The number of hydrogen-bond acceptors (Lipinski definition) is 5. The Morgan fingerprint density at radius 2 is 1.75 bits per heavy atom. The van der Waals surface area contributed by atoms with Gasteiger partial charge < -0.3 is 19.5 Å². The first-order valence-corrected chi connectivity index (χ1v) is 11.2. The van der Waals surface area contributed by atoms with Crippen LogP contribution in [-0.4, -0.2) is 41.0 Å². The van der Waals surface area contributed by atoms with E-state index in [0.29, 0.717) is 36.6 Å². The van der Waals surface area contributed by atoms with Gasteiger partial charge in [-0.2, -0.15) is 0 Å². The Bertz CT molecular complexity index is 1010. The smallest absolute Gasteiger partial charge is 0.295 e. The molecule has 170 valence electrons. The molecule has 0 aliphatic carbocycles. The fraction of sp³-hybridized carbons (Fsp3) is 0.385. The van der Waals surface area contributed by atoms with E-state index in [1.165, 1.54) is 4.90 Å². The SMILES string of the molecule is CCCOc1cccc(/C(O)=C2/C(=O)C(=O)N(CCC)C2c2cccc(OC(C)C)c2)c1. The second-order valence-corrected chi connectivity index (χ2v) is 8.11. The third-order valence-corrected chi connectivity index (χ3v) is 5.13. The Labute approximate surface area is 189 Å². The highest BCUT2D eigenvalue weighted by molar-refractivity contribution is 6.46.